The lowest BCUT2D eigenvalue weighted by Crippen LogP contribution is -2.45. The van der Waals surface area contributed by atoms with E-state index < -0.39 is 12.0 Å². The van der Waals surface area contributed by atoms with Crippen LogP contribution in [0.4, 0.5) is 5.82 Å². The number of piperidine rings is 1. The Kier molecular flexibility index (Phi) is 2.91. The van der Waals surface area contributed by atoms with Gasteiger partial charge in [0.25, 0.3) is 0 Å². The van der Waals surface area contributed by atoms with Crippen molar-refractivity contribution in [3.63, 3.8) is 0 Å². The van der Waals surface area contributed by atoms with Crippen molar-refractivity contribution in [1.29, 1.82) is 0 Å². The van der Waals surface area contributed by atoms with Gasteiger partial charge in [0.1, 0.15) is 6.04 Å². The number of aliphatic carboxylic acids is 1. The standard InChI is InChI=1S/C13H14N2O2S/c16-13(17)10-6-3-4-8-15(10)12-9-5-1-2-7-11(9)18-14-12/h1-2,5,7,10H,3-4,6,8H2,(H,16,17)/t10-/m1/s1. The van der Waals surface area contributed by atoms with E-state index in [0.29, 0.717) is 6.42 Å². The van der Waals surface area contributed by atoms with Gasteiger partial charge in [-0.1, -0.05) is 12.1 Å². The Morgan fingerprint density at radius 1 is 1.39 bits per heavy atom. The third-order valence-electron chi connectivity index (χ3n) is 3.42. The molecule has 94 valence electrons. The summed E-state index contributed by atoms with van der Waals surface area (Å²) in [5.41, 5.74) is 0. The van der Waals surface area contributed by atoms with Crippen LogP contribution >= 0.6 is 11.5 Å². The molecule has 0 spiro atoms. The monoisotopic (exact) mass is 262 g/mol. The second-order valence-electron chi connectivity index (χ2n) is 4.55. The van der Waals surface area contributed by atoms with Crippen LogP contribution in [0, 0.1) is 0 Å². The van der Waals surface area contributed by atoms with E-state index in [4.69, 9.17) is 0 Å². The highest BCUT2D eigenvalue weighted by molar-refractivity contribution is 7.13. The highest BCUT2D eigenvalue weighted by atomic mass is 32.1. The lowest BCUT2D eigenvalue weighted by atomic mass is 10.0. The van der Waals surface area contributed by atoms with Gasteiger partial charge in [-0.05, 0) is 42.9 Å². The van der Waals surface area contributed by atoms with E-state index in [0.717, 1.165) is 35.3 Å². The van der Waals surface area contributed by atoms with E-state index in [9.17, 15) is 9.90 Å². The Bertz CT molecular complexity index is 581. The quantitative estimate of drug-likeness (QED) is 0.904. The van der Waals surface area contributed by atoms with E-state index in [2.05, 4.69) is 4.37 Å². The SMILES string of the molecule is O=C(O)[C@H]1CCCCN1c1nsc2ccccc12. The average Bonchev–Trinajstić information content (AvgIpc) is 2.82. The predicted octanol–water partition coefficient (Wildman–Crippen LogP) is 2.74. The number of carbonyl (C=O) groups is 1. The number of fused-ring (bicyclic) bond motifs is 1. The normalized spacial score (nSPS) is 20.2. The van der Waals surface area contributed by atoms with Crippen LogP contribution in [0.15, 0.2) is 24.3 Å². The van der Waals surface area contributed by atoms with Gasteiger partial charge in [0.15, 0.2) is 5.82 Å². The molecular weight excluding hydrogens is 248 g/mol. The summed E-state index contributed by atoms with van der Waals surface area (Å²) in [6.45, 7) is 0.782. The maximum absolute atomic E-state index is 11.3. The third-order valence-corrected chi connectivity index (χ3v) is 4.24. The van der Waals surface area contributed by atoms with Crippen LogP contribution in [0.25, 0.3) is 10.1 Å². The fourth-order valence-electron chi connectivity index (χ4n) is 2.52. The molecule has 0 radical (unpaired) electrons. The van der Waals surface area contributed by atoms with Gasteiger partial charge in [0.2, 0.25) is 0 Å². The van der Waals surface area contributed by atoms with Crippen molar-refractivity contribution in [2.45, 2.75) is 25.3 Å². The molecule has 1 aliphatic rings. The van der Waals surface area contributed by atoms with E-state index in [-0.39, 0.29) is 0 Å². The maximum Gasteiger partial charge on any atom is 0.326 e. The van der Waals surface area contributed by atoms with Crippen molar-refractivity contribution in [2.75, 3.05) is 11.4 Å². The minimum Gasteiger partial charge on any atom is -0.480 e. The number of nitrogens with zero attached hydrogens (tertiary/aromatic N) is 2. The summed E-state index contributed by atoms with van der Waals surface area (Å²) in [4.78, 5) is 13.3. The van der Waals surface area contributed by atoms with Crippen LogP contribution in [-0.4, -0.2) is 28.0 Å². The Hall–Kier alpha value is -1.62. The number of benzene rings is 1. The topological polar surface area (TPSA) is 53.4 Å². The summed E-state index contributed by atoms with van der Waals surface area (Å²) in [6, 6.07) is 7.57. The highest BCUT2D eigenvalue weighted by Crippen LogP contribution is 2.33. The molecule has 0 amide bonds. The number of carboxylic acid groups (broad SMARTS) is 1. The van der Waals surface area contributed by atoms with Gasteiger partial charge in [-0.25, -0.2) is 4.79 Å². The lowest BCUT2D eigenvalue weighted by Gasteiger charge is -2.33. The Morgan fingerprint density at radius 3 is 3.06 bits per heavy atom. The van der Waals surface area contributed by atoms with Gasteiger partial charge in [0.05, 0.1) is 4.70 Å². The molecule has 1 N–H and O–H groups in total. The Morgan fingerprint density at radius 2 is 2.22 bits per heavy atom. The fourth-order valence-corrected chi connectivity index (χ4v) is 3.31. The first-order valence-electron chi connectivity index (χ1n) is 6.11. The lowest BCUT2D eigenvalue weighted by molar-refractivity contribution is -0.139. The van der Waals surface area contributed by atoms with E-state index in [1.807, 2.05) is 29.2 Å². The molecule has 1 aromatic carbocycles. The largest absolute Gasteiger partial charge is 0.480 e. The maximum atomic E-state index is 11.3. The van der Waals surface area contributed by atoms with E-state index in [1.54, 1.807) is 0 Å². The van der Waals surface area contributed by atoms with E-state index in [1.165, 1.54) is 11.5 Å². The number of hydrogen-bond donors (Lipinski definition) is 1. The summed E-state index contributed by atoms with van der Waals surface area (Å²) in [5.74, 6) is 0.0921. The number of aromatic nitrogens is 1. The minimum atomic E-state index is -0.744. The van der Waals surface area contributed by atoms with Crippen LogP contribution < -0.4 is 4.90 Å². The molecular formula is C13H14N2O2S. The van der Waals surface area contributed by atoms with Gasteiger partial charge in [-0.15, -0.1) is 0 Å². The molecule has 0 aliphatic carbocycles. The molecule has 3 rings (SSSR count). The van der Waals surface area contributed by atoms with E-state index >= 15 is 0 Å². The van der Waals surface area contributed by atoms with Crippen molar-refractivity contribution < 1.29 is 9.90 Å². The van der Waals surface area contributed by atoms with Gasteiger partial charge in [0, 0.05) is 11.9 Å². The third kappa shape index (κ3) is 1.84. The molecule has 1 fully saturated rings. The predicted molar refractivity (Wildman–Crippen MR) is 72.2 cm³/mol. The molecule has 0 saturated carbocycles. The van der Waals surface area contributed by atoms with Crippen molar-refractivity contribution in [3.8, 4) is 0 Å². The molecule has 2 heterocycles. The molecule has 1 atom stereocenters. The van der Waals surface area contributed by atoms with Crippen LogP contribution in [-0.2, 0) is 4.79 Å². The van der Waals surface area contributed by atoms with Gasteiger partial charge in [-0.2, -0.15) is 4.37 Å². The van der Waals surface area contributed by atoms with Crippen LogP contribution in [0.3, 0.4) is 0 Å². The first-order chi connectivity index (χ1) is 8.77. The molecule has 5 heteroatoms. The summed E-state index contributed by atoms with van der Waals surface area (Å²) >= 11 is 1.44. The zero-order chi connectivity index (χ0) is 12.5. The first kappa shape index (κ1) is 11.5. The van der Waals surface area contributed by atoms with Crippen molar-refractivity contribution in [2.24, 2.45) is 0 Å². The zero-order valence-corrected chi connectivity index (χ0v) is 10.7. The Labute approximate surface area is 109 Å². The Balaban J connectivity index is 2.04. The van der Waals surface area contributed by atoms with Crippen molar-refractivity contribution >= 4 is 33.4 Å². The summed E-state index contributed by atoms with van der Waals surface area (Å²) in [7, 11) is 0. The summed E-state index contributed by atoms with van der Waals surface area (Å²) in [5, 5.41) is 10.4. The summed E-state index contributed by atoms with van der Waals surface area (Å²) < 4.78 is 5.57. The second-order valence-corrected chi connectivity index (χ2v) is 5.35. The minimum absolute atomic E-state index is 0.427. The molecule has 4 nitrogen and oxygen atoms in total. The number of carboxylic acids is 1. The molecule has 0 bridgehead atoms. The smallest absolute Gasteiger partial charge is 0.326 e. The fraction of sp³-hybridized carbons (Fsp3) is 0.385. The van der Waals surface area contributed by atoms with Crippen molar-refractivity contribution in [1.82, 2.24) is 4.37 Å². The van der Waals surface area contributed by atoms with Crippen LogP contribution in [0.1, 0.15) is 19.3 Å². The summed E-state index contributed by atoms with van der Waals surface area (Å²) in [6.07, 6.45) is 2.73. The highest BCUT2D eigenvalue weighted by Gasteiger charge is 2.30. The molecule has 18 heavy (non-hydrogen) atoms. The molecule has 1 saturated heterocycles. The van der Waals surface area contributed by atoms with Crippen molar-refractivity contribution in [3.05, 3.63) is 24.3 Å². The number of hydrogen-bond acceptors (Lipinski definition) is 4. The van der Waals surface area contributed by atoms with Gasteiger partial charge in [-0.3, -0.25) is 0 Å². The molecule has 0 unspecified atom stereocenters. The van der Waals surface area contributed by atoms with Gasteiger partial charge >= 0.3 is 5.97 Å². The van der Waals surface area contributed by atoms with Gasteiger partial charge < -0.3 is 10.0 Å². The molecule has 1 aliphatic heterocycles. The molecule has 2 aromatic rings. The number of anilines is 1. The second kappa shape index (κ2) is 4.57. The van der Waals surface area contributed by atoms with Crippen LogP contribution in [0.5, 0.6) is 0 Å². The average molecular weight is 262 g/mol. The number of rotatable bonds is 2. The van der Waals surface area contributed by atoms with Crippen LogP contribution in [0.2, 0.25) is 0 Å². The molecule has 1 aromatic heterocycles. The zero-order valence-electron chi connectivity index (χ0n) is 9.87. The first-order valence-corrected chi connectivity index (χ1v) is 6.88.